The number of nitrogens with two attached hydrogens (primary N) is 1. The highest BCUT2D eigenvalue weighted by Gasteiger charge is 2.43. The number of hydrogen-bond acceptors (Lipinski definition) is 8. The lowest BCUT2D eigenvalue weighted by molar-refractivity contribution is -0.139. The molecule has 0 bridgehead atoms. The van der Waals surface area contributed by atoms with Crippen LogP contribution in [0.4, 0.5) is 5.69 Å². The molecule has 2 aromatic carbocycles. The Morgan fingerprint density at radius 2 is 1.70 bits per heavy atom. The molecule has 0 aromatic heterocycles. The third-order valence-electron chi connectivity index (χ3n) is 5.06. The van der Waals surface area contributed by atoms with E-state index >= 15 is 0 Å². The molecule has 0 fully saturated rings. The Hall–Kier alpha value is -3.85. The van der Waals surface area contributed by atoms with Gasteiger partial charge in [-0.3, -0.25) is 4.90 Å². The number of carbonyl (C=O) groups is 3. The van der Waals surface area contributed by atoms with E-state index in [0.29, 0.717) is 5.56 Å². The summed E-state index contributed by atoms with van der Waals surface area (Å²) in [7, 11) is 2.29. The lowest BCUT2D eigenvalue weighted by atomic mass is 9.81. The minimum absolute atomic E-state index is 0.00854. The molecule has 0 aliphatic carbocycles. The van der Waals surface area contributed by atoms with Gasteiger partial charge in [0.15, 0.2) is 0 Å². The third kappa shape index (κ3) is 4.14. The number of esters is 2. The van der Waals surface area contributed by atoms with Crippen LogP contribution in [0.1, 0.15) is 21.8 Å². The van der Waals surface area contributed by atoms with Crippen LogP contribution in [0.15, 0.2) is 71.2 Å². The fourth-order valence-corrected chi connectivity index (χ4v) is 4.45. The van der Waals surface area contributed by atoms with Crippen LogP contribution >= 0.6 is 22.6 Å². The van der Waals surface area contributed by atoms with Crippen LogP contribution in [-0.2, 0) is 19.1 Å². The Bertz CT molecular complexity index is 1250. The van der Waals surface area contributed by atoms with Gasteiger partial charge in [-0.05, 0) is 40.3 Å². The summed E-state index contributed by atoms with van der Waals surface area (Å²) in [5, 5.41) is 19.6. The normalized spacial score (nSPS) is 15.7. The number of rotatable bonds is 5. The molecule has 3 rings (SSSR count). The van der Waals surface area contributed by atoms with E-state index in [1.807, 2.05) is 28.7 Å². The van der Waals surface area contributed by atoms with Crippen LogP contribution in [0.2, 0.25) is 0 Å². The summed E-state index contributed by atoms with van der Waals surface area (Å²) in [5.41, 5.74) is 6.66. The molecule has 33 heavy (non-hydrogen) atoms. The maximum atomic E-state index is 13.0. The van der Waals surface area contributed by atoms with Gasteiger partial charge in [0.2, 0.25) is 0 Å². The third-order valence-corrected chi connectivity index (χ3v) is 6.19. The predicted octanol–water partition coefficient (Wildman–Crippen LogP) is 2.89. The Morgan fingerprint density at radius 3 is 2.24 bits per heavy atom. The molecule has 0 saturated heterocycles. The number of ether oxygens (including phenoxy) is 2. The number of nitrogens with zero attached hydrogens (tertiary/aromatic N) is 2. The lowest BCUT2D eigenvalue weighted by Gasteiger charge is -2.36. The minimum atomic E-state index is -1.19. The zero-order chi connectivity index (χ0) is 24.3. The molecular formula is C23H18IN3O6. The highest BCUT2D eigenvalue weighted by Crippen LogP contribution is 2.44. The summed E-state index contributed by atoms with van der Waals surface area (Å²) < 4.78 is 10.2. The largest absolute Gasteiger partial charge is 0.478 e. The smallest absolute Gasteiger partial charge is 0.355 e. The van der Waals surface area contributed by atoms with Crippen LogP contribution < -0.4 is 10.6 Å². The average Bonchev–Trinajstić information content (AvgIpc) is 2.83. The van der Waals surface area contributed by atoms with Gasteiger partial charge in [0.25, 0.3) is 0 Å². The van der Waals surface area contributed by atoms with Crippen molar-refractivity contribution in [3.8, 4) is 6.07 Å². The second-order valence-corrected chi connectivity index (χ2v) is 7.86. The van der Waals surface area contributed by atoms with E-state index < -0.39 is 23.8 Å². The standard InChI is InChI=1S/C23H18IN3O6/c1-32-22(30)17-16(12-7-4-3-5-8-12)14(11-25)20(26)27(19(17)23(31)33-2)15-10-6-9-13(18(15)24)21(28)29/h3-10,16H,26H2,1-2H3,(H,28,29). The van der Waals surface area contributed by atoms with Gasteiger partial charge in [-0.15, -0.1) is 0 Å². The number of nitriles is 1. The number of carboxylic acid groups (broad SMARTS) is 1. The van der Waals surface area contributed by atoms with Crippen molar-refractivity contribution in [3.05, 3.63) is 85.9 Å². The number of carbonyl (C=O) groups excluding carboxylic acids is 2. The van der Waals surface area contributed by atoms with Crippen molar-refractivity contribution in [2.75, 3.05) is 19.1 Å². The van der Waals surface area contributed by atoms with Crippen LogP contribution in [0, 0.1) is 14.9 Å². The molecule has 0 radical (unpaired) electrons. The number of allylic oxidation sites excluding steroid dienone is 1. The monoisotopic (exact) mass is 559 g/mol. The topological polar surface area (TPSA) is 143 Å². The molecule has 1 atom stereocenters. The van der Waals surface area contributed by atoms with Crippen molar-refractivity contribution in [3.63, 3.8) is 0 Å². The van der Waals surface area contributed by atoms with Crippen LogP contribution in [0.5, 0.6) is 0 Å². The molecule has 1 aliphatic rings. The quantitative estimate of drug-likeness (QED) is 0.418. The highest BCUT2D eigenvalue weighted by atomic mass is 127. The van der Waals surface area contributed by atoms with E-state index in [4.69, 9.17) is 15.2 Å². The Kier molecular flexibility index (Phi) is 7.03. The number of carboxylic acids is 1. The van der Waals surface area contributed by atoms with Crippen molar-refractivity contribution in [1.29, 1.82) is 5.26 Å². The van der Waals surface area contributed by atoms with Crippen molar-refractivity contribution >= 4 is 46.2 Å². The molecule has 1 aliphatic heterocycles. The number of methoxy groups -OCH3 is 2. The average molecular weight is 559 g/mol. The second kappa shape index (κ2) is 9.74. The molecule has 9 nitrogen and oxygen atoms in total. The molecule has 2 aromatic rings. The summed E-state index contributed by atoms with van der Waals surface area (Å²) in [6, 6.07) is 15.0. The summed E-state index contributed by atoms with van der Waals surface area (Å²) in [5.74, 6) is -4.11. The van der Waals surface area contributed by atoms with E-state index in [-0.39, 0.29) is 37.5 Å². The maximum absolute atomic E-state index is 13.0. The van der Waals surface area contributed by atoms with Gasteiger partial charge in [-0.25, -0.2) is 14.4 Å². The van der Waals surface area contributed by atoms with Gasteiger partial charge in [-0.1, -0.05) is 36.4 Å². The molecule has 1 heterocycles. The van der Waals surface area contributed by atoms with Crippen LogP contribution in [0.25, 0.3) is 0 Å². The Labute approximate surface area is 202 Å². The van der Waals surface area contributed by atoms with Gasteiger partial charge < -0.3 is 20.3 Å². The lowest BCUT2D eigenvalue weighted by Crippen LogP contribution is -2.41. The molecule has 0 saturated carbocycles. The van der Waals surface area contributed by atoms with Crippen molar-refractivity contribution in [2.24, 2.45) is 5.73 Å². The summed E-state index contributed by atoms with van der Waals surface area (Å²) >= 11 is 1.81. The molecule has 10 heteroatoms. The van der Waals surface area contributed by atoms with Gasteiger partial charge in [-0.2, -0.15) is 5.26 Å². The number of benzene rings is 2. The molecule has 1 unspecified atom stereocenters. The van der Waals surface area contributed by atoms with Gasteiger partial charge in [0.1, 0.15) is 11.5 Å². The van der Waals surface area contributed by atoms with Gasteiger partial charge >= 0.3 is 17.9 Å². The molecule has 168 valence electrons. The summed E-state index contributed by atoms with van der Waals surface area (Å²) in [6.07, 6.45) is 0. The second-order valence-electron chi connectivity index (χ2n) is 6.78. The van der Waals surface area contributed by atoms with E-state index in [9.17, 15) is 24.8 Å². The molecular weight excluding hydrogens is 541 g/mol. The first-order valence-corrected chi connectivity index (χ1v) is 10.5. The van der Waals surface area contributed by atoms with Gasteiger partial charge in [0.05, 0.1) is 52.2 Å². The highest BCUT2D eigenvalue weighted by molar-refractivity contribution is 14.1. The molecule has 0 amide bonds. The van der Waals surface area contributed by atoms with E-state index in [0.717, 1.165) is 14.2 Å². The zero-order valence-electron chi connectivity index (χ0n) is 17.5. The first-order chi connectivity index (χ1) is 15.8. The van der Waals surface area contributed by atoms with E-state index in [1.54, 1.807) is 30.3 Å². The van der Waals surface area contributed by atoms with E-state index in [1.165, 1.54) is 23.1 Å². The van der Waals surface area contributed by atoms with Crippen molar-refractivity contribution in [1.82, 2.24) is 0 Å². The van der Waals surface area contributed by atoms with Crippen molar-refractivity contribution in [2.45, 2.75) is 5.92 Å². The number of anilines is 1. The van der Waals surface area contributed by atoms with Crippen LogP contribution in [-0.4, -0.2) is 37.2 Å². The van der Waals surface area contributed by atoms with Crippen LogP contribution in [0.3, 0.4) is 0 Å². The first-order valence-electron chi connectivity index (χ1n) is 9.45. The predicted molar refractivity (Wildman–Crippen MR) is 126 cm³/mol. The Morgan fingerprint density at radius 1 is 1.06 bits per heavy atom. The summed E-state index contributed by atoms with van der Waals surface area (Å²) in [6.45, 7) is 0. The fourth-order valence-electron chi connectivity index (χ4n) is 3.62. The number of halogens is 1. The zero-order valence-corrected chi connectivity index (χ0v) is 19.7. The molecule has 0 spiro atoms. The van der Waals surface area contributed by atoms with Crippen molar-refractivity contribution < 1.29 is 29.0 Å². The minimum Gasteiger partial charge on any atom is -0.478 e. The maximum Gasteiger partial charge on any atom is 0.355 e. The number of hydrogen-bond donors (Lipinski definition) is 2. The summed E-state index contributed by atoms with van der Waals surface area (Å²) in [4.78, 5) is 38.9. The SMILES string of the molecule is COC(=O)C1=C(C(=O)OC)N(c2cccc(C(=O)O)c2I)C(N)=C(C#N)C1c1ccccc1. The van der Waals surface area contributed by atoms with Gasteiger partial charge in [0, 0.05) is 0 Å². The molecule has 3 N–H and O–H groups in total. The number of aromatic carboxylic acids is 1. The Balaban J connectivity index is 2.46. The fraction of sp³-hybridized carbons (Fsp3) is 0.130. The first kappa shape index (κ1) is 23.8. The van der Waals surface area contributed by atoms with E-state index in [2.05, 4.69) is 0 Å².